The van der Waals surface area contributed by atoms with E-state index < -0.39 is 0 Å². The van der Waals surface area contributed by atoms with Crippen molar-refractivity contribution in [1.29, 1.82) is 0 Å². The minimum atomic E-state index is -0.156. The fraction of sp³-hybridized carbons (Fsp3) is 0.458. The van der Waals surface area contributed by atoms with E-state index in [0.717, 1.165) is 44.8 Å². The van der Waals surface area contributed by atoms with Crippen LogP contribution >= 0.6 is 0 Å². The molecule has 7 heteroatoms. The molecule has 1 atom stereocenters. The van der Waals surface area contributed by atoms with Crippen LogP contribution in [0, 0.1) is 5.82 Å². The van der Waals surface area contributed by atoms with Crippen LogP contribution in [-0.4, -0.2) is 51.3 Å². The van der Waals surface area contributed by atoms with Crippen molar-refractivity contribution >= 4 is 5.69 Å². The molecule has 5 rings (SSSR count). The van der Waals surface area contributed by atoms with Gasteiger partial charge in [-0.15, -0.1) is 5.10 Å². The van der Waals surface area contributed by atoms with Crippen LogP contribution in [0.4, 0.5) is 10.1 Å². The highest BCUT2D eigenvalue weighted by Crippen LogP contribution is 2.34. The van der Waals surface area contributed by atoms with Gasteiger partial charge < -0.3 is 4.90 Å². The van der Waals surface area contributed by atoms with Gasteiger partial charge >= 0.3 is 0 Å². The molecule has 1 saturated carbocycles. The Labute approximate surface area is 182 Å². The maximum Gasteiger partial charge on any atom is 0.173 e. The lowest BCUT2D eigenvalue weighted by molar-refractivity contribution is 0.193. The van der Waals surface area contributed by atoms with Crippen molar-refractivity contribution < 1.29 is 4.39 Å². The van der Waals surface area contributed by atoms with E-state index in [1.807, 2.05) is 18.2 Å². The fourth-order valence-corrected chi connectivity index (χ4v) is 5.05. The largest absolute Gasteiger partial charge is 0.367 e. The molecule has 1 aromatic heterocycles. The summed E-state index contributed by atoms with van der Waals surface area (Å²) in [6.07, 6.45) is 6.05. The predicted molar refractivity (Wildman–Crippen MR) is 118 cm³/mol. The lowest BCUT2D eigenvalue weighted by Crippen LogP contribution is -2.48. The summed E-state index contributed by atoms with van der Waals surface area (Å²) >= 11 is 0. The van der Waals surface area contributed by atoms with Crippen molar-refractivity contribution in [3.8, 4) is 0 Å². The molecule has 1 aliphatic heterocycles. The summed E-state index contributed by atoms with van der Waals surface area (Å²) in [5.41, 5.74) is 1.89. The molecule has 0 unspecified atom stereocenters. The molecule has 0 N–H and O–H groups in total. The summed E-state index contributed by atoms with van der Waals surface area (Å²) in [5.74, 6) is 0.772. The number of hydrogen-bond acceptors (Lipinski definition) is 5. The van der Waals surface area contributed by atoms with E-state index in [1.165, 1.54) is 30.9 Å². The highest BCUT2D eigenvalue weighted by atomic mass is 19.1. The highest BCUT2D eigenvalue weighted by Gasteiger charge is 2.33. The van der Waals surface area contributed by atoms with Crippen LogP contribution in [0.5, 0.6) is 0 Å². The van der Waals surface area contributed by atoms with Gasteiger partial charge in [0.15, 0.2) is 5.82 Å². The highest BCUT2D eigenvalue weighted by molar-refractivity contribution is 5.48. The molecule has 3 aromatic rings. The van der Waals surface area contributed by atoms with Gasteiger partial charge in [-0.2, -0.15) is 0 Å². The second kappa shape index (κ2) is 9.14. The Balaban J connectivity index is 1.41. The first kappa shape index (κ1) is 20.1. The third-order valence-corrected chi connectivity index (χ3v) is 6.67. The standard InChI is InChI=1S/C24H29FN6/c25-21-13-7-8-14-22(21)29-15-17-30(18-16-29)23(19-9-3-1-4-10-19)24-26-27-28-31(24)20-11-5-2-6-12-20/h1,3-4,7-10,13-14,20,23H,2,5-6,11-12,15-18H2/t23-/m0/s1. The monoisotopic (exact) mass is 420 g/mol. The first-order chi connectivity index (χ1) is 15.3. The van der Waals surface area contributed by atoms with Crippen LogP contribution in [-0.2, 0) is 0 Å². The molecule has 0 amide bonds. The number of nitrogens with zero attached hydrogens (tertiary/aromatic N) is 6. The van der Waals surface area contributed by atoms with Crippen molar-refractivity contribution in [3.63, 3.8) is 0 Å². The number of hydrogen-bond donors (Lipinski definition) is 0. The number of piperazine rings is 1. The summed E-state index contributed by atoms with van der Waals surface area (Å²) in [6, 6.07) is 17.9. The average Bonchev–Trinajstić information content (AvgIpc) is 3.31. The maximum absolute atomic E-state index is 14.3. The third-order valence-electron chi connectivity index (χ3n) is 6.67. The Hall–Kier alpha value is -2.80. The molecule has 0 bridgehead atoms. The molecule has 31 heavy (non-hydrogen) atoms. The maximum atomic E-state index is 14.3. The van der Waals surface area contributed by atoms with E-state index in [9.17, 15) is 4.39 Å². The second-order valence-corrected chi connectivity index (χ2v) is 8.56. The van der Waals surface area contributed by atoms with Crippen molar-refractivity contribution in [3.05, 3.63) is 71.8 Å². The number of anilines is 1. The first-order valence-electron chi connectivity index (χ1n) is 11.4. The molecular weight excluding hydrogens is 391 g/mol. The van der Waals surface area contributed by atoms with E-state index >= 15 is 0 Å². The summed E-state index contributed by atoms with van der Waals surface area (Å²) < 4.78 is 16.4. The quantitative estimate of drug-likeness (QED) is 0.618. The number of tetrazole rings is 1. The lowest BCUT2D eigenvalue weighted by Gasteiger charge is -2.40. The van der Waals surface area contributed by atoms with Crippen LogP contribution in [0.1, 0.15) is 55.6 Å². The molecule has 1 aliphatic carbocycles. The zero-order valence-electron chi connectivity index (χ0n) is 17.8. The Morgan fingerprint density at radius 3 is 2.29 bits per heavy atom. The lowest BCUT2D eigenvalue weighted by atomic mass is 9.95. The molecule has 2 aromatic carbocycles. The van der Waals surface area contributed by atoms with Crippen LogP contribution in [0.2, 0.25) is 0 Å². The van der Waals surface area contributed by atoms with E-state index in [4.69, 9.17) is 0 Å². The topological polar surface area (TPSA) is 50.1 Å². The Bertz CT molecular complexity index is 976. The number of rotatable bonds is 5. The molecule has 1 saturated heterocycles. The number of benzene rings is 2. The van der Waals surface area contributed by atoms with Crippen molar-refractivity contribution in [2.45, 2.75) is 44.2 Å². The van der Waals surface area contributed by atoms with Gasteiger partial charge in [-0.25, -0.2) is 9.07 Å². The van der Waals surface area contributed by atoms with Crippen LogP contribution in [0.3, 0.4) is 0 Å². The van der Waals surface area contributed by atoms with Gasteiger partial charge in [0.1, 0.15) is 5.82 Å². The van der Waals surface area contributed by atoms with Crippen molar-refractivity contribution in [2.75, 3.05) is 31.1 Å². The second-order valence-electron chi connectivity index (χ2n) is 8.56. The van der Waals surface area contributed by atoms with Gasteiger partial charge in [-0.3, -0.25) is 4.90 Å². The molecular formula is C24H29FN6. The Morgan fingerprint density at radius 1 is 0.839 bits per heavy atom. The zero-order chi connectivity index (χ0) is 21.0. The number of para-hydroxylation sites is 1. The predicted octanol–water partition coefficient (Wildman–Crippen LogP) is 4.23. The summed E-state index contributed by atoms with van der Waals surface area (Å²) in [6.45, 7) is 3.20. The van der Waals surface area contributed by atoms with Gasteiger partial charge in [0, 0.05) is 26.2 Å². The first-order valence-corrected chi connectivity index (χ1v) is 11.4. The Kier molecular flexibility index (Phi) is 5.93. The van der Waals surface area contributed by atoms with Crippen LogP contribution in [0.25, 0.3) is 0 Å². The SMILES string of the molecule is Fc1ccccc1N1CCN([C@@H](c2ccccc2)c2nnnn2C2CCCCC2)CC1. The van der Waals surface area contributed by atoms with Gasteiger partial charge in [0.25, 0.3) is 0 Å². The molecule has 0 spiro atoms. The van der Waals surface area contributed by atoms with Crippen molar-refractivity contribution in [2.24, 2.45) is 0 Å². The smallest absolute Gasteiger partial charge is 0.173 e. The van der Waals surface area contributed by atoms with Crippen LogP contribution in [0.15, 0.2) is 54.6 Å². The minimum absolute atomic E-state index is 0.000830. The molecule has 162 valence electrons. The fourth-order valence-electron chi connectivity index (χ4n) is 5.05. The molecule has 2 aliphatic rings. The van der Waals surface area contributed by atoms with Crippen molar-refractivity contribution in [1.82, 2.24) is 25.1 Å². The average molecular weight is 421 g/mol. The van der Waals surface area contributed by atoms with E-state index in [0.29, 0.717) is 11.7 Å². The Morgan fingerprint density at radius 2 is 1.55 bits per heavy atom. The summed E-state index contributed by atoms with van der Waals surface area (Å²) in [5, 5.41) is 13.0. The number of aromatic nitrogens is 4. The minimum Gasteiger partial charge on any atom is -0.367 e. The third kappa shape index (κ3) is 4.19. The molecule has 2 heterocycles. The molecule has 2 fully saturated rings. The van der Waals surface area contributed by atoms with Gasteiger partial charge in [-0.05, 0) is 41.0 Å². The van der Waals surface area contributed by atoms with Gasteiger partial charge in [0.05, 0.1) is 17.8 Å². The van der Waals surface area contributed by atoms with Gasteiger partial charge in [0.2, 0.25) is 0 Å². The van der Waals surface area contributed by atoms with Gasteiger partial charge in [-0.1, -0.05) is 61.7 Å². The number of halogens is 1. The van der Waals surface area contributed by atoms with E-state index in [2.05, 4.69) is 54.3 Å². The zero-order valence-corrected chi connectivity index (χ0v) is 17.8. The van der Waals surface area contributed by atoms with Crippen LogP contribution < -0.4 is 4.90 Å². The van der Waals surface area contributed by atoms with E-state index in [1.54, 1.807) is 6.07 Å². The summed E-state index contributed by atoms with van der Waals surface area (Å²) in [7, 11) is 0. The van der Waals surface area contributed by atoms with E-state index in [-0.39, 0.29) is 11.9 Å². The molecule has 6 nitrogen and oxygen atoms in total. The normalized spacial score (nSPS) is 19.5. The molecule has 0 radical (unpaired) electrons. The summed E-state index contributed by atoms with van der Waals surface area (Å²) in [4.78, 5) is 4.58.